The second-order valence-electron chi connectivity index (χ2n) is 6.38. The maximum atomic E-state index is 11.6. The molecule has 0 radical (unpaired) electrons. The summed E-state index contributed by atoms with van der Waals surface area (Å²) in [6.07, 6.45) is 5.00. The first-order valence-electron chi connectivity index (χ1n) is 10.6. The van der Waals surface area contributed by atoms with Crippen molar-refractivity contribution < 1.29 is 33.3 Å². The SMILES string of the molecule is CCCCOCCOCC(=O)NCCCCCOCCOCCOCC(=O)NC. The van der Waals surface area contributed by atoms with Gasteiger partial charge in [-0.1, -0.05) is 13.3 Å². The Hall–Kier alpha value is -1.26. The lowest BCUT2D eigenvalue weighted by atomic mass is 10.2. The molecule has 0 heterocycles. The standard InChI is InChI=1S/C20H40N2O7/c1-3-4-9-25-13-15-29-18-20(24)22-8-6-5-7-10-26-11-12-27-14-16-28-17-19(23)21-2/h3-18H2,1-2H3,(H,21,23)(H,22,24). The Labute approximate surface area is 175 Å². The van der Waals surface area contributed by atoms with Crippen molar-refractivity contribution in [3.8, 4) is 0 Å². The average molecular weight is 421 g/mol. The third kappa shape index (κ3) is 22.9. The van der Waals surface area contributed by atoms with Gasteiger partial charge in [0.05, 0.1) is 39.6 Å². The molecule has 0 aliphatic rings. The molecule has 0 spiro atoms. The highest BCUT2D eigenvalue weighted by Gasteiger charge is 2.01. The number of likely N-dealkylation sites (N-methyl/N-ethyl adjacent to an activating group) is 1. The summed E-state index contributed by atoms with van der Waals surface area (Å²) in [5.41, 5.74) is 0. The predicted octanol–water partition coefficient (Wildman–Crippen LogP) is 0.902. The van der Waals surface area contributed by atoms with Crippen molar-refractivity contribution in [1.29, 1.82) is 0 Å². The summed E-state index contributed by atoms with van der Waals surface area (Å²) in [7, 11) is 1.57. The van der Waals surface area contributed by atoms with Crippen LogP contribution in [0.25, 0.3) is 0 Å². The second kappa shape index (κ2) is 23.0. The van der Waals surface area contributed by atoms with Crippen molar-refractivity contribution >= 4 is 11.8 Å². The lowest BCUT2D eigenvalue weighted by Gasteiger charge is -2.08. The van der Waals surface area contributed by atoms with Crippen LogP contribution in [0.2, 0.25) is 0 Å². The molecule has 0 atom stereocenters. The molecular weight excluding hydrogens is 380 g/mol. The summed E-state index contributed by atoms with van der Waals surface area (Å²) in [5, 5.41) is 5.31. The van der Waals surface area contributed by atoms with Crippen LogP contribution >= 0.6 is 0 Å². The molecule has 0 bridgehead atoms. The van der Waals surface area contributed by atoms with Gasteiger partial charge in [0.25, 0.3) is 0 Å². The van der Waals surface area contributed by atoms with Crippen LogP contribution in [-0.4, -0.2) is 91.5 Å². The molecule has 0 unspecified atom stereocenters. The zero-order chi connectivity index (χ0) is 21.4. The molecule has 0 saturated heterocycles. The van der Waals surface area contributed by atoms with Crippen molar-refractivity contribution in [2.75, 3.05) is 79.7 Å². The molecule has 29 heavy (non-hydrogen) atoms. The van der Waals surface area contributed by atoms with E-state index in [1.165, 1.54) is 0 Å². The first kappa shape index (κ1) is 27.7. The highest BCUT2D eigenvalue weighted by atomic mass is 16.5. The Bertz CT molecular complexity index is 384. The molecule has 9 nitrogen and oxygen atoms in total. The van der Waals surface area contributed by atoms with Crippen LogP contribution in [0.4, 0.5) is 0 Å². The number of nitrogens with one attached hydrogen (secondary N) is 2. The molecule has 0 aromatic heterocycles. The molecule has 0 saturated carbocycles. The lowest BCUT2D eigenvalue weighted by molar-refractivity contribution is -0.126. The molecule has 0 fully saturated rings. The normalized spacial score (nSPS) is 10.8. The van der Waals surface area contributed by atoms with Crippen LogP contribution in [0.5, 0.6) is 0 Å². The maximum absolute atomic E-state index is 11.6. The van der Waals surface area contributed by atoms with Crippen LogP contribution in [0.15, 0.2) is 0 Å². The average Bonchev–Trinajstić information content (AvgIpc) is 2.73. The van der Waals surface area contributed by atoms with E-state index in [4.69, 9.17) is 23.7 Å². The van der Waals surface area contributed by atoms with E-state index in [0.29, 0.717) is 52.8 Å². The van der Waals surface area contributed by atoms with E-state index >= 15 is 0 Å². The van der Waals surface area contributed by atoms with E-state index in [0.717, 1.165) is 38.7 Å². The van der Waals surface area contributed by atoms with Gasteiger partial charge in [-0.2, -0.15) is 0 Å². The number of carbonyl (C=O) groups is 2. The Morgan fingerprint density at radius 3 is 1.72 bits per heavy atom. The van der Waals surface area contributed by atoms with E-state index in [1.54, 1.807) is 7.05 Å². The summed E-state index contributed by atoms with van der Waals surface area (Å²) in [4.78, 5) is 22.5. The summed E-state index contributed by atoms with van der Waals surface area (Å²) in [5.74, 6) is -0.240. The van der Waals surface area contributed by atoms with Crippen LogP contribution in [0.1, 0.15) is 39.0 Å². The summed E-state index contributed by atoms with van der Waals surface area (Å²) < 4.78 is 26.5. The molecule has 0 aromatic rings. The Morgan fingerprint density at radius 1 is 0.621 bits per heavy atom. The van der Waals surface area contributed by atoms with Crippen LogP contribution in [0, 0.1) is 0 Å². The third-order valence-corrected chi connectivity index (χ3v) is 3.79. The zero-order valence-corrected chi connectivity index (χ0v) is 18.2. The topological polar surface area (TPSA) is 104 Å². The summed E-state index contributed by atoms with van der Waals surface area (Å²) in [6, 6.07) is 0. The number of ether oxygens (including phenoxy) is 5. The van der Waals surface area contributed by atoms with Gasteiger partial charge in [-0.15, -0.1) is 0 Å². The first-order chi connectivity index (χ1) is 14.2. The van der Waals surface area contributed by atoms with Gasteiger partial charge in [0.2, 0.25) is 11.8 Å². The Morgan fingerprint density at radius 2 is 1.14 bits per heavy atom. The van der Waals surface area contributed by atoms with Crippen molar-refractivity contribution in [2.45, 2.75) is 39.0 Å². The van der Waals surface area contributed by atoms with Crippen LogP contribution in [0.3, 0.4) is 0 Å². The highest BCUT2D eigenvalue weighted by Crippen LogP contribution is 1.95. The van der Waals surface area contributed by atoms with Crippen LogP contribution < -0.4 is 10.6 Å². The van der Waals surface area contributed by atoms with Crippen molar-refractivity contribution in [2.24, 2.45) is 0 Å². The van der Waals surface area contributed by atoms with Gasteiger partial charge in [-0.25, -0.2) is 0 Å². The molecule has 172 valence electrons. The van der Waals surface area contributed by atoms with Gasteiger partial charge in [0.15, 0.2) is 0 Å². The number of carbonyl (C=O) groups excluding carboxylic acids is 2. The maximum Gasteiger partial charge on any atom is 0.245 e. The Balaban J connectivity index is 3.15. The Kier molecular flexibility index (Phi) is 22.0. The van der Waals surface area contributed by atoms with E-state index in [1.807, 2.05) is 0 Å². The van der Waals surface area contributed by atoms with Crippen molar-refractivity contribution in [3.05, 3.63) is 0 Å². The molecule has 0 rings (SSSR count). The van der Waals surface area contributed by atoms with E-state index in [2.05, 4.69) is 17.6 Å². The zero-order valence-electron chi connectivity index (χ0n) is 18.2. The molecule has 2 amide bonds. The monoisotopic (exact) mass is 420 g/mol. The smallest absolute Gasteiger partial charge is 0.245 e. The molecule has 0 aliphatic carbocycles. The minimum atomic E-state index is -0.149. The van der Waals surface area contributed by atoms with E-state index < -0.39 is 0 Å². The summed E-state index contributed by atoms with van der Waals surface area (Å²) >= 11 is 0. The van der Waals surface area contributed by atoms with Crippen LogP contribution in [-0.2, 0) is 33.3 Å². The molecular formula is C20H40N2O7. The molecule has 9 heteroatoms. The molecule has 0 aromatic carbocycles. The fourth-order valence-corrected chi connectivity index (χ4v) is 2.09. The third-order valence-electron chi connectivity index (χ3n) is 3.79. The lowest BCUT2D eigenvalue weighted by Crippen LogP contribution is -2.29. The minimum Gasteiger partial charge on any atom is -0.379 e. The second-order valence-corrected chi connectivity index (χ2v) is 6.38. The van der Waals surface area contributed by atoms with Gasteiger partial charge in [0, 0.05) is 26.8 Å². The fraction of sp³-hybridized carbons (Fsp3) is 0.900. The highest BCUT2D eigenvalue weighted by molar-refractivity contribution is 5.77. The summed E-state index contributed by atoms with van der Waals surface area (Å²) in [6.45, 7) is 7.16. The van der Waals surface area contributed by atoms with E-state index in [-0.39, 0.29) is 25.0 Å². The van der Waals surface area contributed by atoms with Gasteiger partial charge in [-0.3, -0.25) is 9.59 Å². The number of hydrogen-bond donors (Lipinski definition) is 2. The van der Waals surface area contributed by atoms with Crippen molar-refractivity contribution in [1.82, 2.24) is 10.6 Å². The number of rotatable bonds is 22. The predicted molar refractivity (Wildman–Crippen MR) is 110 cm³/mol. The first-order valence-corrected chi connectivity index (χ1v) is 10.6. The van der Waals surface area contributed by atoms with E-state index in [9.17, 15) is 9.59 Å². The molecule has 2 N–H and O–H groups in total. The van der Waals surface area contributed by atoms with Gasteiger partial charge < -0.3 is 34.3 Å². The fourth-order valence-electron chi connectivity index (χ4n) is 2.09. The number of hydrogen-bond acceptors (Lipinski definition) is 7. The molecule has 0 aliphatic heterocycles. The van der Waals surface area contributed by atoms with Gasteiger partial charge in [-0.05, 0) is 25.7 Å². The van der Waals surface area contributed by atoms with Gasteiger partial charge in [0.1, 0.15) is 13.2 Å². The largest absolute Gasteiger partial charge is 0.379 e. The van der Waals surface area contributed by atoms with Crippen molar-refractivity contribution in [3.63, 3.8) is 0 Å². The van der Waals surface area contributed by atoms with Gasteiger partial charge >= 0.3 is 0 Å². The number of unbranched alkanes of at least 4 members (excludes halogenated alkanes) is 3. The quantitative estimate of drug-likeness (QED) is 0.251. The number of amides is 2. The minimum absolute atomic E-state index is 0.0535.